The molecule has 2 atom stereocenters. The molecule has 0 radical (unpaired) electrons. The lowest BCUT2D eigenvalue weighted by atomic mass is 9.89. The number of nitrogens with one attached hydrogen (secondary N) is 2. The van der Waals surface area contributed by atoms with Crippen molar-refractivity contribution >= 4 is 46.5 Å². The van der Waals surface area contributed by atoms with Gasteiger partial charge in [0.1, 0.15) is 12.5 Å². The van der Waals surface area contributed by atoms with E-state index in [1.54, 1.807) is 18.2 Å². The predicted molar refractivity (Wildman–Crippen MR) is 93.5 cm³/mol. The van der Waals surface area contributed by atoms with Gasteiger partial charge in [0.2, 0.25) is 0 Å². The number of benzene rings is 1. The average molecular weight is 375 g/mol. The number of methoxy groups -OCH3 is 1. The number of carbonyl (C=O) groups is 1. The first-order valence-corrected chi connectivity index (χ1v) is 7.97. The number of esters is 1. The topological polar surface area (TPSA) is 59.6 Å². The van der Waals surface area contributed by atoms with Crippen LogP contribution in [0.25, 0.3) is 0 Å². The first-order valence-electron chi connectivity index (χ1n) is 6.81. The predicted octanol–water partition coefficient (Wildman–Crippen LogP) is 2.83. The summed E-state index contributed by atoms with van der Waals surface area (Å²) in [4.78, 5) is 12.4. The number of ether oxygens (including phenoxy) is 2. The summed E-state index contributed by atoms with van der Waals surface area (Å²) in [5.41, 5.74) is 1.23. The maximum absolute atomic E-state index is 12.4. The number of halogens is 2. The molecule has 5 nitrogen and oxygen atoms in total. The Balaban J connectivity index is 2.27. The van der Waals surface area contributed by atoms with Crippen molar-refractivity contribution in [2.45, 2.75) is 6.04 Å². The molecule has 1 saturated heterocycles. The highest BCUT2D eigenvalue weighted by Crippen LogP contribution is 2.33. The Morgan fingerprint density at radius 3 is 2.74 bits per heavy atom. The lowest BCUT2D eigenvalue weighted by molar-refractivity contribution is -0.149. The van der Waals surface area contributed by atoms with E-state index in [-0.39, 0.29) is 6.61 Å². The molecule has 124 valence electrons. The molecule has 1 aliphatic heterocycles. The highest BCUT2D eigenvalue weighted by Gasteiger charge is 2.37. The second-order valence-electron chi connectivity index (χ2n) is 4.91. The maximum Gasteiger partial charge on any atom is 0.317 e. The lowest BCUT2D eigenvalue weighted by Gasteiger charge is -2.35. The number of thiocarbonyl (C=S) groups is 1. The van der Waals surface area contributed by atoms with E-state index >= 15 is 0 Å². The Morgan fingerprint density at radius 1 is 1.35 bits per heavy atom. The second-order valence-corrected chi connectivity index (χ2v) is 6.14. The van der Waals surface area contributed by atoms with Crippen molar-refractivity contribution < 1.29 is 14.3 Å². The van der Waals surface area contributed by atoms with Crippen LogP contribution in [0.3, 0.4) is 0 Å². The third kappa shape index (κ3) is 4.35. The monoisotopic (exact) mass is 374 g/mol. The minimum absolute atomic E-state index is 0.164. The summed E-state index contributed by atoms with van der Waals surface area (Å²) in [6, 6.07) is 4.70. The van der Waals surface area contributed by atoms with Crippen LogP contribution in [-0.2, 0) is 14.3 Å². The minimum atomic E-state index is -0.657. The van der Waals surface area contributed by atoms with Crippen LogP contribution in [0.2, 0.25) is 10.0 Å². The molecule has 0 spiro atoms. The summed E-state index contributed by atoms with van der Waals surface area (Å²) in [5, 5.41) is 7.13. The Hall–Kier alpha value is -1.34. The highest BCUT2D eigenvalue weighted by molar-refractivity contribution is 7.80. The lowest BCUT2D eigenvalue weighted by Crippen LogP contribution is -2.51. The van der Waals surface area contributed by atoms with Gasteiger partial charge in [0.05, 0.1) is 22.7 Å². The van der Waals surface area contributed by atoms with Gasteiger partial charge >= 0.3 is 5.97 Å². The van der Waals surface area contributed by atoms with Crippen molar-refractivity contribution in [2.75, 3.05) is 20.3 Å². The second kappa shape index (κ2) is 7.97. The van der Waals surface area contributed by atoms with Gasteiger partial charge in [-0.2, -0.15) is 0 Å². The third-order valence-electron chi connectivity index (χ3n) is 3.36. The van der Waals surface area contributed by atoms with Gasteiger partial charge in [-0.05, 0) is 29.9 Å². The van der Waals surface area contributed by atoms with Crippen LogP contribution < -0.4 is 10.6 Å². The average Bonchev–Trinajstić information content (AvgIpc) is 2.49. The molecule has 0 bridgehead atoms. The van der Waals surface area contributed by atoms with E-state index < -0.39 is 17.9 Å². The van der Waals surface area contributed by atoms with Gasteiger partial charge in [0.15, 0.2) is 5.11 Å². The fourth-order valence-electron chi connectivity index (χ4n) is 2.26. The van der Waals surface area contributed by atoms with E-state index in [0.29, 0.717) is 27.5 Å². The van der Waals surface area contributed by atoms with Gasteiger partial charge in [0, 0.05) is 12.8 Å². The van der Waals surface area contributed by atoms with Gasteiger partial charge in [0.25, 0.3) is 0 Å². The Labute approximate surface area is 149 Å². The quantitative estimate of drug-likeness (QED) is 0.469. The standard InChI is InChI=1S/C15H16Cl2N2O3S/c1-8-12(14(20)22-6-5-21-2)13(19-15(23)18-8)9-3-4-10(16)11(17)7-9/h3-4,7,12-13H,1,5-6H2,2H3,(H2,18,19,23)/t12-,13+/m0/s1. The smallest absolute Gasteiger partial charge is 0.317 e. The molecule has 0 unspecified atom stereocenters. The molecular formula is C15H16Cl2N2O3S. The minimum Gasteiger partial charge on any atom is -0.463 e. The molecule has 0 amide bonds. The molecule has 2 N–H and O–H groups in total. The highest BCUT2D eigenvalue weighted by atomic mass is 35.5. The number of hydrogen-bond acceptors (Lipinski definition) is 4. The molecule has 0 saturated carbocycles. The van der Waals surface area contributed by atoms with E-state index in [1.165, 1.54) is 7.11 Å². The first kappa shape index (κ1) is 18.0. The molecule has 8 heteroatoms. The van der Waals surface area contributed by atoms with E-state index in [2.05, 4.69) is 17.2 Å². The summed E-state index contributed by atoms with van der Waals surface area (Å²) in [6.07, 6.45) is 0. The van der Waals surface area contributed by atoms with Crippen LogP contribution in [0.1, 0.15) is 11.6 Å². The first-order chi connectivity index (χ1) is 10.9. The van der Waals surface area contributed by atoms with Crippen molar-refractivity contribution in [3.8, 4) is 0 Å². The van der Waals surface area contributed by atoms with Gasteiger partial charge in [-0.15, -0.1) is 0 Å². The van der Waals surface area contributed by atoms with Crippen molar-refractivity contribution in [1.82, 2.24) is 10.6 Å². The van der Waals surface area contributed by atoms with E-state index in [9.17, 15) is 4.79 Å². The molecule has 1 fully saturated rings. The van der Waals surface area contributed by atoms with Crippen molar-refractivity contribution in [1.29, 1.82) is 0 Å². The van der Waals surface area contributed by atoms with Crippen molar-refractivity contribution in [2.24, 2.45) is 5.92 Å². The van der Waals surface area contributed by atoms with E-state index in [0.717, 1.165) is 5.56 Å². The summed E-state index contributed by atoms with van der Waals surface area (Å²) in [6.45, 7) is 4.37. The van der Waals surface area contributed by atoms with Crippen LogP contribution in [0, 0.1) is 5.92 Å². The summed E-state index contributed by atoms with van der Waals surface area (Å²) >= 11 is 17.2. The Kier molecular flexibility index (Phi) is 6.24. The van der Waals surface area contributed by atoms with Crippen LogP contribution >= 0.6 is 35.4 Å². The van der Waals surface area contributed by atoms with Gasteiger partial charge in [-0.1, -0.05) is 35.8 Å². The molecule has 2 rings (SSSR count). The Morgan fingerprint density at radius 2 is 2.09 bits per heavy atom. The molecule has 0 aliphatic carbocycles. The Bertz CT molecular complexity index is 639. The molecule has 1 heterocycles. The molecular weight excluding hydrogens is 359 g/mol. The van der Waals surface area contributed by atoms with Gasteiger partial charge in [-0.3, -0.25) is 4.79 Å². The fraction of sp³-hybridized carbons (Fsp3) is 0.333. The summed E-state index contributed by atoms with van der Waals surface area (Å²) < 4.78 is 10.1. The van der Waals surface area contributed by atoms with Crippen molar-refractivity contribution in [3.05, 3.63) is 46.1 Å². The number of hydrogen-bond donors (Lipinski definition) is 2. The molecule has 1 aromatic carbocycles. The zero-order chi connectivity index (χ0) is 17.0. The van der Waals surface area contributed by atoms with Crippen LogP contribution in [0.4, 0.5) is 0 Å². The van der Waals surface area contributed by atoms with Crippen LogP contribution in [0.5, 0.6) is 0 Å². The maximum atomic E-state index is 12.4. The zero-order valence-corrected chi connectivity index (χ0v) is 14.7. The molecule has 1 aliphatic rings. The molecule has 23 heavy (non-hydrogen) atoms. The van der Waals surface area contributed by atoms with E-state index in [4.69, 9.17) is 44.9 Å². The largest absolute Gasteiger partial charge is 0.463 e. The zero-order valence-electron chi connectivity index (χ0n) is 12.4. The van der Waals surface area contributed by atoms with E-state index in [1.807, 2.05) is 0 Å². The number of rotatable bonds is 5. The SMILES string of the molecule is C=C1NC(=S)N[C@H](c2ccc(Cl)c(Cl)c2)[C@H]1C(=O)OCCOC. The summed E-state index contributed by atoms with van der Waals surface area (Å²) in [5.74, 6) is -1.08. The number of carbonyl (C=O) groups excluding carboxylic acids is 1. The van der Waals surface area contributed by atoms with Crippen LogP contribution in [0.15, 0.2) is 30.5 Å². The molecule has 1 aromatic rings. The van der Waals surface area contributed by atoms with Gasteiger partial charge in [-0.25, -0.2) is 0 Å². The summed E-state index contributed by atoms with van der Waals surface area (Å²) in [7, 11) is 1.54. The normalized spacial score (nSPS) is 20.7. The van der Waals surface area contributed by atoms with Crippen molar-refractivity contribution in [3.63, 3.8) is 0 Å². The van der Waals surface area contributed by atoms with Crippen LogP contribution in [-0.4, -0.2) is 31.4 Å². The van der Waals surface area contributed by atoms with Gasteiger partial charge < -0.3 is 20.1 Å². The molecule has 0 aromatic heterocycles. The fourth-order valence-corrected chi connectivity index (χ4v) is 2.83. The third-order valence-corrected chi connectivity index (χ3v) is 4.32.